The number of nitrogens with two attached hydrogens (primary N) is 1. The Morgan fingerprint density at radius 1 is 1.53 bits per heavy atom. The average molecular weight is 325 g/mol. The monoisotopic (exact) mass is 324 g/mol. The maximum Gasteiger partial charge on any atom is 0.254 e. The Morgan fingerprint density at radius 2 is 2.26 bits per heavy atom. The topological polar surface area (TPSA) is 46.3 Å². The van der Waals surface area contributed by atoms with Gasteiger partial charge in [-0.05, 0) is 55.5 Å². The smallest absolute Gasteiger partial charge is 0.254 e. The van der Waals surface area contributed by atoms with Gasteiger partial charge in [0.15, 0.2) is 0 Å². The molecule has 2 N–H and O–H groups in total. The van der Waals surface area contributed by atoms with Gasteiger partial charge in [-0.2, -0.15) is 0 Å². The molecular formula is C15H21BrN2O. The van der Waals surface area contributed by atoms with E-state index in [-0.39, 0.29) is 5.91 Å². The summed E-state index contributed by atoms with van der Waals surface area (Å²) in [5.74, 6) is 1.17. The van der Waals surface area contributed by atoms with Crippen LogP contribution in [0.1, 0.15) is 29.3 Å². The number of halogens is 1. The van der Waals surface area contributed by atoms with Crippen molar-refractivity contribution in [3.8, 4) is 0 Å². The van der Waals surface area contributed by atoms with Crippen molar-refractivity contribution in [1.82, 2.24) is 4.90 Å². The number of carbonyl (C=O) groups is 1. The second kappa shape index (κ2) is 6.06. The molecule has 2 unspecified atom stereocenters. The first kappa shape index (κ1) is 14.5. The predicted molar refractivity (Wildman–Crippen MR) is 81.1 cm³/mol. The van der Waals surface area contributed by atoms with Crippen LogP contribution in [0, 0.1) is 18.8 Å². The minimum absolute atomic E-state index is 0.135. The zero-order chi connectivity index (χ0) is 14.0. The summed E-state index contributed by atoms with van der Waals surface area (Å²) in [4.78, 5) is 14.5. The molecule has 0 spiro atoms. The number of hydrogen-bond donors (Lipinski definition) is 1. The third-order valence-electron chi connectivity index (χ3n) is 4.12. The first-order chi connectivity index (χ1) is 9.02. The number of nitrogens with zero attached hydrogens (tertiary/aromatic N) is 1. The summed E-state index contributed by atoms with van der Waals surface area (Å²) >= 11 is 3.43. The minimum Gasteiger partial charge on any atom is -0.338 e. The Morgan fingerprint density at radius 3 is 2.89 bits per heavy atom. The SMILES string of the molecule is Cc1cc(Br)ccc1C(=O)N1CCC(C)C(CN)C1. The van der Waals surface area contributed by atoms with Crippen LogP contribution in [0.5, 0.6) is 0 Å². The van der Waals surface area contributed by atoms with Crippen molar-refractivity contribution in [3.63, 3.8) is 0 Å². The Hall–Kier alpha value is -0.870. The molecule has 0 saturated carbocycles. The normalized spacial score (nSPS) is 23.5. The lowest BCUT2D eigenvalue weighted by Crippen LogP contribution is -2.45. The third kappa shape index (κ3) is 3.18. The first-order valence-electron chi connectivity index (χ1n) is 6.78. The average Bonchev–Trinajstić information content (AvgIpc) is 2.38. The molecule has 1 aliphatic rings. The molecule has 19 heavy (non-hydrogen) atoms. The molecule has 0 radical (unpaired) electrons. The van der Waals surface area contributed by atoms with Gasteiger partial charge in [0.2, 0.25) is 0 Å². The van der Waals surface area contributed by atoms with E-state index >= 15 is 0 Å². The van der Waals surface area contributed by atoms with Crippen LogP contribution in [0.4, 0.5) is 0 Å². The highest BCUT2D eigenvalue weighted by Crippen LogP contribution is 2.25. The molecular weight excluding hydrogens is 304 g/mol. The largest absolute Gasteiger partial charge is 0.338 e. The van der Waals surface area contributed by atoms with Crippen LogP contribution < -0.4 is 5.73 Å². The number of likely N-dealkylation sites (tertiary alicyclic amines) is 1. The molecule has 1 heterocycles. The fourth-order valence-corrected chi connectivity index (χ4v) is 3.15. The molecule has 1 saturated heterocycles. The van der Waals surface area contributed by atoms with Crippen molar-refractivity contribution in [1.29, 1.82) is 0 Å². The van der Waals surface area contributed by atoms with Gasteiger partial charge in [-0.25, -0.2) is 0 Å². The van der Waals surface area contributed by atoms with Gasteiger partial charge in [-0.3, -0.25) is 4.79 Å². The quantitative estimate of drug-likeness (QED) is 0.909. The number of carbonyl (C=O) groups excluding carboxylic acids is 1. The van der Waals surface area contributed by atoms with Crippen molar-refractivity contribution in [2.45, 2.75) is 20.3 Å². The molecule has 1 amide bonds. The van der Waals surface area contributed by atoms with Gasteiger partial charge in [-0.15, -0.1) is 0 Å². The number of aryl methyl sites for hydroxylation is 1. The molecule has 1 fully saturated rings. The zero-order valence-electron chi connectivity index (χ0n) is 11.5. The second-order valence-corrected chi connectivity index (χ2v) is 6.39. The van der Waals surface area contributed by atoms with Crippen molar-refractivity contribution >= 4 is 21.8 Å². The molecule has 0 bridgehead atoms. The van der Waals surface area contributed by atoms with Crippen molar-refractivity contribution in [2.75, 3.05) is 19.6 Å². The second-order valence-electron chi connectivity index (χ2n) is 5.47. The predicted octanol–water partition coefficient (Wildman–Crippen LogP) is 2.81. The Balaban J connectivity index is 2.15. The first-order valence-corrected chi connectivity index (χ1v) is 7.57. The zero-order valence-corrected chi connectivity index (χ0v) is 13.1. The summed E-state index contributed by atoms with van der Waals surface area (Å²) in [6.45, 7) is 6.48. The van der Waals surface area contributed by atoms with E-state index in [1.54, 1.807) is 0 Å². The highest BCUT2D eigenvalue weighted by atomic mass is 79.9. The lowest BCUT2D eigenvalue weighted by molar-refractivity contribution is 0.0618. The summed E-state index contributed by atoms with van der Waals surface area (Å²) in [5.41, 5.74) is 7.62. The molecule has 104 valence electrons. The Kier molecular flexibility index (Phi) is 4.63. The number of amides is 1. The van der Waals surface area contributed by atoms with E-state index in [0.29, 0.717) is 18.4 Å². The van der Waals surface area contributed by atoms with Gasteiger partial charge in [0.05, 0.1) is 0 Å². The van der Waals surface area contributed by atoms with Gasteiger partial charge in [0.25, 0.3) is 5.91 Å². The van der Waals surface area contributed by atoms with Gasteiger partial charge in [0.1, 0.15) is 0 Å². The number of hydrogen-bond acceptors (Lipinski definition) is 2. The fraction of sp³-hybridized carbons (Fsp3) is 0.533. The number of benzene rings is 1. The third-order valence-corrected chi connectivity index (χ3v) is 4.62. The standard InChI is InChI=1S/C15H21BrN2O/c1-10-5-6-18(9-12(10)8-17)15(19)14-4-3-13(16)7-11(14)2/h3-4,7,10,12H,5-6,8-9,17H2,1-2H3. The highest BCUT2D eigenvalue weighted by Gasteiger charge is 2.28. The van der Waals surface area contributed by atoms with Gasteiger partial charge in [-0.1, -0.05) is 22.9 Å². The summed E-state index contributed by atoms with van der Waals surface area (Å²) in [5, 5.41) is 0. The van der Waals surface area contributed by atoms with Crippen molar-refractivity contribution in [3.05, 3.63) is 33.8 Å². The van der Waals surface area contributed by atoms with Gasteiger partial charge >= 0.3 is 0 Å². The van der Waals surface area contributed by atoms with Crippen LogP contribution in [0.25, 0.3) is 0 Å². The molecule has 2 rings (SSSR count). The summed E-state index contributed by atoms with van der Waals surface area (Å²) in [6, 6.07) is 5.81. The van der Waals surface area contributed by atoms with E-state index < -0.39 is 0 Å². The molecule has 1 aromatic carbocycles. The summed E-state index contributed by atoms with van der Waals surface area (Å²) < 4.78 is 1.01. The fourth-order valence-electron chi connectivity index (χ4n) is 2.68. The van der Waals surface area contributed by atoms with E-state index in [4.69, 9.17) is 5.73 Å². The van der Waals surface area contributed by atoms with E-state index in [9.17, 15) is 4.79 Å². The lowest BCUT2D eigenvalue weighted by Gasteiger charge is -2.36. The van der Waals surface area contributed by atoms with E-state index in [0.717, 1.165) is 35.1 Å². The lowest BCUT2D eigenvalue weighted by atomic mass is 9.87. The van der Waals surface area contributed by atoms with E-state index in [2.05, 4.69) is 22.9 Å². The minimum atomic E-state index is 0.135. The van der Waals surface area contributed by atoms with E-state index in [1.807, 2.05) is 30.0 Å². The summed E-state index contributed by atoms with van der Waals surface area (Å²) in [7, 11) is 0. The molecule has 3 nitrogen and oxygen atoms in total. The van der Waals surface area contributed by atoms with Crippen LogP contribution >= 0.6 is 15.9 Å². The van der Waals surface area contributed by atoms with Gasteiger partial charge < -0.3 is 10.6 Å². The van der Waals surface area contributed by atoms with Crippen LogP contribution in [0.3, 0.4) is 0 Å². The molecule has 0 aromatic heterocycles. The van der Waals surface area contributed by atoms with Crippen molar-refractivity contribution in [2.24, 2.45) is 17.6 Å². The molecule has 1 aromatic rings. The number of rotatable bonds is 2. The Labute approximate surface area is 123 Å². The summed E-state index contributed by atoms with van der Waals surface area (Å²) in [6.07, 6.45) is 1.04. The Bertz CT molecular complexity index is 475. The van der Waals surface area contributed by atoms with Crippen LogP contribution in [-0.4, -0.2) is 30.4 Å². The molecule has 2 atom stereocenters. The van der Waals surface area contributed by atoms with Crippen molar-refractivity contribution < 1.29 is 4.79 Å². The van der Waals surface area contributed by atoms with Crippen LogP contribution in [0.2, 0.25) is 0 Å². The number of piperidine rings is 1. The van der Waals surface area contributed by atoms with Crippen LogP contribution in [0.15, 0.2) is 22.7 Å². The van der Waals surface area contributed by atoms with E-state index in [1.165, 1.54) is 0 Å². The maximum absolute atomic E-state index is 12.6. The van der Waals surface area contributed by atoms with Gasteiger partial charge in [0, 0.05) is 23.1 Å². The molecule has 1 aliphatic heterocycles. The maximum atomic E-state index is 12.6. The molecule has 4 heteroatoms. The molecule has 0 aliphatic carbocycles. The van der Waals surface area contributed by atoms with Crippen LogP contribution in [-0.2, 0) is 0 Å². The highest BCUT2D eigenvalue weighted by molar-refractivity contribution is 9.10.